The summed E-state index contributed by atoms with van der Waals surface area (Å²) in [5, 5.41) is 23.9. The van der Waals surface area contributed by atoms with Crippen LogP contribution in [0.25, 0.3) is 11.0 Å². The van der Waals surface area contributed by atoms with Gasteiger partial charge >= 0.3 is 0 Å². The molecule has 6 rings (SSSR count). The first-order chi connectivity index (χ1) is 17.5. The molecule has 194 valence electrons. The second-order valence-electron chi connectivity index (χ2n) is 11.7. The van der Waals surface area contributed by atoms with E-state index in [9.17, 15) is 19.8 Å². The van der Waals surface area contributed by atoms with E-state index in [0.717, 1.165) is 18.4 Å². The van der Waals surface area contributed by atoms with Crippen molar-refractivity contribution in [1.82, 2.24) is 9.97 Å². The fourth-order valence-electron chi connectivity index (χ4n) is 8.08. The predicted molar refractivity (Wildman–Crippen MR) is 138 cm³/mol. The maximum Gasteiger partial charge on any atom is 0.233 e. The van der Waals surface area contributed by atoms with Crippen molar-refractivity contribution < 1.29 is 24.5 Å². The van der Waals surface area contributed by atoms with Gasteiger partial charge < -0.3 is 14.9 Å². The molecule has 4 aliphatic carbocycles. The molecule has 1 aromatic carbocycles. The minimum Gasteiger partial charge on any atom is -0.468 e. The molecular formula is C29H31ClN2O5. The fourth-order valence-corrected chi connectivity index (χ4v) is 8.25. The zero-order valence-corrected chi connectivity index (χ0v) is 21.7. The second kappa shape index (κ2) is 8.45. The van der Waals surface area contributed by atoms with Crippen molar-refractivity contribution in [1.29, 1.82) is 0 Å². The van der Waals surface area contributed by atoms with E-state index in [-0.39, 0.29) is 41.4 Å². The number of aromatic nitrogens is 2. The summed E-state index contributed by atoms with van der Waals surface area (Å²) in [7, 11) is 0. The van der Waals surface area contributed by atoms with Gasteiger partial charge in [0, 0.05) is 21.8 Å². The highest BCUT2D eigenvalue weighted by atomic mass is 35.5. The number of benzene rings is 1. The van der Waals surface area contributed by atoms with Crippen molar-refractivity contribution in [2.45, 2.75) is 57.7 Å². The minimum atomic E-state index is -1.60. The molecule has 7 atom stereocenters. The van der Waals surface area contributed by atoms with Crippen LogP contribution in [0.3, 0.4) is 0 Å². The summed E-state index contributed by atoms with van der Waals surface area (Å²) in [5.74, 6) is -0.00812. The van der Waals surface area contributed by atoms with Crippen LogP contribution in [0.15, 0.2) is 48.2 Å². The Balaban J connectivity index is 1.23. The minimum absolute atomic E-state index is 0.00167. The zero-order chi connectivity index (χ0) is 26.2. The Hall–Kier alpha value is -2.61. The fraction of sp³-hybridized carbons (Fsp3) is 0.517. The molecule has 0 bridgehead atoms. The van der Waals surface area contributed by atoms with E-state index < -0.39 is 22.9 Å². The number of carbonyl (C=O) groups excluding carboxylic acids is 2. The van der Waals surface area contributed by atoms with Crippen molar-refractivity contribution in [2.75, 3.05) is 6.61 Å². The molecule has 0 saturated heterocycles. The topological polar surface area (TPSA) is 110 Å². The number of hydrogen-bond donors (Lipinski definition) is 2. The highest BCUT2D eigenvalue weighted by molar-refractivity contribution is 6.31. The second-order valence-corrected chi connectivity index (χ2v) is 12.1. The van der Waals surface area contributed by atoms with Crippen LogP contribution in [0.1, 0.15) is 46.0 Å². The summed E-state index contributed by atoms with van der Waals surface area (Å²) < 4.78 is 5.71. The third kappa shape index (κ3) is 3.62. The van der Waals surface area contributed by atoms with Crippen LogP contribution in [0.4, 0.5) is 0 Å². The van der Waals surface area contributed by atoms with Gasteiger partial charge in [0.15, 0.2) is 12.4 Å². The Labute approximate surface area is 220 Å². The van der Waals surface area contributed by atoms with Gasteiger partial charge in [-0.1, -0.05) is 37.1 Å². The number of nitrogens with zero attached hydrogens (tertiary/aromatic N) is 2. The molecule has 0 amide bonds. The molecule has 6 unspecified atom stereocenters. The van der Waals surface area contributed by atoms with Gasteiger partial charge in [0.2, 0.25) is 11.7 Å². The molecule has 0 aliphatic heterocycles. The number of allylic oxidation sites excluding steroid dienone is 4. The van der Waals surface area contributed by atoms with Gasteiger partial charge in [-0.05, 0) is 74.3 Å². The number of fused-ring (bicyclic) bond motifs is 6. The van der Waals surface area contributed by atoms with Crippen LogP contribution < -0.4 is 4.74 Å². The van der Waals surface area contributed by atoms with Crippen LogP contribution in [-0.4, -0.2) is 50.1 Å². The number of hydrogen-bond acceptors (Lipinski definition) is 7. The Morgan fingerprint density at radius 3 is 2.86 bits per heavy atom. The molecule has 0 radical (unpaired) electrons. The molecule has 7 nitrogen and oxygen atoms in total. The maximum absolute atomic E-state index is 13.5. The largest absolute Gasteiger partial charge is 0.468 e. The Bertz CT molecular complexity index is 1370. The highest BCUT2D eigenvalue weighted by Crippen LogP contribution is 2.67. The third-order valence-corrected chi connectivity index (χ3v) is 10.2. The first kappa shape index (κ1) is 24.7. The summed E-state index contributed by atoms with van der Waals surface area (Å²) in [6, 6.07) is 5.15. The molecule has 3 fully saturated rings. The van der Waals surface area contributed by atoms with Gasteiger partial charge in [-0.25, -0.2) is 9.97 Å². The predicted octanol–water partition coefficient (Wildman–Crippen LogP) is 4.24. The Morgan fingerprint density at radius 2 is 2.05 bits per heavy atom. The summed E-state index contributed by atoms with van der Waals surface area (Å²) in [4.78, 5) is 34.2. The van der Waals surface area contributed by atoms with E-state index in [2.05, 4.69) is 16.9 Å². The summed E-state index contributed by atoms with van der Waals surface area (Å²) in [6.45, 7) is 3.74. The normalized spacial score (nSPS) is 38.5. The molecule has 37 heavy (non-hydrogen) atoms. The number of Topliss-reactive ketones (excluding diaryl/α,β-unsaturated/α-hetero) is 1. The molecule has 2 N–H and O–H groups in total. The van der Waals surface area contributed by atoms with E-state index in [1.807, 2.05) is 13.0 Å². The number of halogens is 1. The lowest BCUT2D eigenvalue weighted by molar-refractivity contribution is -0.178. The average Bonchev–Trinajstić information content (AvgIpc) is 3.13. The lowest BCUT2D eigenvalue weighted by Crippen LogP contribution is -2.61. The highest BCUT2D eigenvalue weighted by Gasteiger charge is 2.68. The Morgan fingerprint density at radius 1 is 1.24 bits per heavy atom. The van der Waals surface area contributed by atoms with E-state index in [1.54, 1.807) is 30.4 Å². The number of carbonyl (C=O) groups is 2. The quantitative estimate of drug-likeness (QED) is 0.618. The van der Waals surface area contributed by atoms with Crippen molar-refractivity contribution in [2.24, 2.45) is 28.6 Å². The van der Waals surface area contributed by atoms with Crippen molar-refractivity contribution in [3.63, 3.8) is 0 Å². The standard InChI is InChI=1S/C29H31ClN2O5/c1-27-9-7-18(33)11-16(27)3-5-19-20-8-10-29(36,28(20,2)13-23(34)26(19)27)24(35)15-37-25-14-31-22-12-17(30)4-6-21(22)32-25/h4,6-7,9,11-12,14,19-20,23,26,34,36H,3,5,8,10,13,15H2,1-2H3/t19?,20?,23?,26?,27?,28?,29-/m0/s1. The summed E-state index contributed by atoms with van der Waals surface area (Å²) >= 11 is 6.01. The maximum atomic E-state index is 13.5. The van der Waals surface area contributed by atoms with Crippen molar-refractivity contribution in [3.8, 4) is 5.88 Å². The van der Waals surface area contributed by atoms with E-state index in [1.165, 1.54) is 6.20 Å². The lowest BCUT2D eigenvalue weighted by atomic mass is 9.46. The molecule has 0 spiro atoms. The first-order valence-corrected chi connectivity index (χ1v) is 13.4. The van der Waals surface area contributed by atoms with Crippen LogP contribution in [0.5, 0.6) is 5.88 Å². The van der Waals surface area contributed by atoms with Crippen molar-refractivity contribution >= 4 is 34.2 Å². The number of aliphatic hydroxyl groups is 2. The summed E-state index contributed by atoms with van der Waals surface area (Å²) in [5.41, 5.74) is -0.453. The van der Waals surface area contributed by atoms with E-state index >= 15 is 0 Å². The monoisotopic (exact) mass is 522 g/mol. The molecule has 2 aromatic rings. The third-order valence-electron chi connectivity index (χ3n) is 9.94. The van der Waals surface area contributed by atoms with Gasteiger partial charge in [-0.3, -0.25) is 9.59 Å². The van der Waals surface area contributed by atoms with Gasteiger partial charge in [0.1, 0.15) is 5.60 Å². The van der Waals surface area contributed by atoms with E-state index in [4.69, 9.17) is 16.3 Å². The van der Waals surface area contributed by atoms with Crippen molar-refractivity contribution in [3.05, 3.63) is 53.2 Å². The van der Waals surface area contributed by atoms with Crippen LogP contribution in [0.2, 0.25) is 5.02 Å². The van der Waals surface area contributed by atoms with Gasteiger partial charge in [0.05, 0.1) is 23.3 Å². The number of ether oxygens (including phenoxy) is 1. The molecule has 3 saturated carbocycles. The molecule has 1 aromatic heterocycles. The molecular weight excluding hydrogens is 492 g/mol. The molecule has 4 aliphatic rings. The van der Waals surface area contributed by atoms with Crippen LogP contribution in [-0.2, 0) is 9.59 Å². The molecule has 1 heterocycles. The van der Waals surface area contributed by atoms with Gasteiger partial charge in [-0.2, -0.15) is 0 Å². The van der Waals surface area contributed by atoms with Gasteiger partial charge in [-0.15, -0.1) is 0 Å². The first-order valence-electron chi connectivity index (χ1n) is 13.0. The number of rotatable bonds is 4. The number of aliphatic hydroxyl groups excluding tert-OH is 1. The Kier molecular flexibility index (Phi) is 5.64. The SMILES string of the molecule is CC12C=CC(=O)C=C1CCC1C2C(O)CC2(C)C1CC[C@]2(O)C(=O)COc1cnc2cc(Cl)ccc2n1. The van der Waals surface area contributed by atoms with Gasteiger partial charge in [0.25, 0.3) is 0 Å². The number of ketones is 2. The van der Waals surface area contributed by atoms with E-state index in [0.29, 0.717) is 35.3 Å². The zero-order valence-electron chi connectivity index (χ0n) is 21.0. The molecule has 8 heteroatoms. The average molecular weight is 523 g/mol. The van der Waals surface area contributed by atoms with Crippen LogP contribution in [0, 0.1) is 28.6 Å². The summed E-state index contributed by atoms with van der Waals surface area (Å²) in [6.07, 6.45) is 9.04. The lowest BCUT2D eigenvalue weighted by Gasteiger charge is -2.59. The smallest absolute Gasteiger partial charge is 0.233 e. The van der Waals surface area contributed by atoms with Crippen LogP contribution >= 0.6 is 11.6 Å².